The highest BCUT2D eigenvalue weighted by Crippen LogP contribution is 2.43. The summed E-state index contributed by atoms with van der Waals surface area (Å²) >= 11 is 0. The molecule has 0 amide bonds. The lowest BCUT2D eigenvalue weighted by Gasteiger charge is -2.44. The molecular weight excluding hydrogens is 488 g/mol. The summed E-state index contributed by atoms with van der Waals surface area (Å²) in [6.45, 7) is 6.97. The molecule has 1 fully saturated rings. The molecule has 1 saturated heterocycles. The van der Waals surface area contributed by atoms with Gasteiger partial charge >= 0.3 is 0 Å². The van der Waals surface area contributed by atoms with Gasteiger partial charge in [-0.15, -0.1) is 0 Å². The van der Waals surface area contributed by atoms with Gasteiger partial charge in [0.15, 0.2) is 11.6 Å². The van der Waals surface area contributed by atoms with E-state index in [1.807, 2.05) is 12.1 Å². The van der Waals surface area contributed by atoms with Gasteiger partial charge in [0.05, 0.1) is 0 Å². The van der Waals surface area contributed by atoms with Crippen molar-refractivity contribution in [1.29, 1.82) is 0 Å². The van der Waals surface area contributed by atoms with Gasteiger partial charge in [-0.05, 0) is 94.8 Å². The number of aromatic hydroxyl groups is 2. The Kier molecular flexibility index (Phi) is 9.20. The molecule has 0 saturated carbocycles. The molecule has 4 rings (SSSR count). The average Bonchev–Trinajstić information content (AvgIpc) is 2.91. The van der Waals surface area contributed by atoms with Crippen LogP contribution in [-0.2, 0) is 0 Å². The van der Waals surface area contributed by atoms with Gasteiger partial charge in [0.1, 0.15) is 11.5 Å². The molecule has 0 aliphatic carbocycles. The van der Waals surface area contributed by atoms with Crippen LogP contribution < -0.4 is 0 Å². The van der Waals surface area contributed by atoms with E-state index in [-0.39, 0.29) is 29.0 Å². The van der Waals surface area contributed by atoms with Gasteiger partial charge in [0.25, 0.3) is 0 Å². The van der Waals surface area contributed by atoms with E-state index < -0.39 is 11.8 Å². The first-order valence-corrected chi connectivity index (χ1v) is 13.8. The van der Waals surface area contributed by atoms with Gasteiger partial charge in [-0.1, -0.05) is 42.5 Å². The summed E-state index contributed by atoms with van der Waals surface area (Å²) in [5.41, 5.74) is 4.12. The minimum absolute atomic E-state index is 0.0490. The fraction of sp³-hybridized carbons (Fsp3) is 0.394. The van der Waals surface area contributed by atoms with E-state index in [0.717, 1.165) is 42.6 Å². The smallest absolute Gasteiger partial charge is 0.167 e. The number of carbonyl (C=O) groups is 2. The molecule has 0 bridgehead atoms. The van der Waals surface area contributed by atoms with Crippen molar-refractivity contribution in [2.75, 3.05) is 40.3 Å². The van der Waals surface area contributed by atoms with E-state index in [1.54, 1.807) is 36.4 Å². The van der Waals surface area contributed by atoms with Crippen LogP contribution in [0.5, 0.6) is 11.5 Å². The Morgan fingerprint density at radius 2 is 1.36 bits per heavy atom. The molecule has 0 spiro atoms. The maximum atomic E-state index is 14.2. The second-order valence-corrected chi connectivity index (χ2v) is 11.1. The summed E-state index contributed by atoms with van der Waals surface area (Å²) in [5.74, 6) is -1.32. The number of Topliss-reactive ketones (excluding diaryl/α,β-unsaturated/α-hetero) is 2. The van der Waals surface area contributed by atoms with E-state index in [9.17, 15) is 19.8 Å². The zero-order valence-corrected chi connectivity index (χ0v) is 23.4. The summed E-state index contributed by atoms with van der Waals surface area (Å²) in [4.78, 5) is 32.7. The Bertz CT molecular complexity index is 1250. The molecular formula is C33H40N2O4. The van der Waals surface area contributed by atoms with E-state index in [0.29, 0.717) is 24.2 Å². The Morgan fingerprint density at radius 1 is 0.821 bits per heavy atom. The number of phenols is 2. The number of piperidine rings is 1. The van der Waals surface area contributed by atoms with Crippen LogP contribution in [0.1, 0.15) is 56.2 Å². The quantitative estimate of drug-likeness (QED) is 0.269. The summed E-state index contributed by atoms with van der Waals surface area (Å²) in [6, 6.07) is 19.1. The predicted octanol–water partition coefficient (Wildman–Crippen LogP) is 5.45. The zero-order valence-electron chi connectivity index (χ0n) is 23.4. The first-order chi connectivity index (χ1) is 18.7. The number of phenolic OH excluding ortho intramolecular Hbond substituents is 2. The highest BCUT2D eigenvalue weighted by molar-refractivity contribution is 6.02. The van der Waals surface area contributed by atoms with Gasteiger partial charge in [0.2, 0.25) is 0 Å². The SMILES string of the molecule is Cc1cccc(C2C(C(=O)c3cccc(O)c3)CN(CCCCN(C)C)CC2C(=O)c2cccc(O)c2)c1C. The number of carbonyl (C=O) groups excluding carboxylic acids is 2. The maximum absolute atomic E-state index is 14.2. The number of ketones is 2. The van der Waals surface area contributed by atoms with Crippen molar-refractivity contribution < 1.29 is 19.8 Å². The van der Waals surface area contributed by atoms with Gasteiger partial charge in [-0.2, -0.15) is 0 Å². The molecule has 0 aromatic heterocycles. The molecule has 3 aromatic rings. The molecule has 1 aliphatic heterocycles. The zero-order chi connectivity index (χ0) is 28.1. The lowest BCUT2D eigenvalue weighted by Crippen LogP contribution is -2.50. The second-order valence-electron chi connectivity index (χ2n) is 11.1. The van der Waals surface area contributed by atoms with Crippen molar-refractivity contribution in [3.63, 3.8) is 0 Å². The summed E-state index contributed by atoms with van der Waals surface area (Å²) in [5, 5.41) is 20.3. The number of hydrogen-bond donors (Lipinski definition) is 2. The molecule has 1 aliphatic rings. The monoisotopic (exact) mass is 528 g/mol. The van der Waals surface area contributed by atoms with Crippen molar-refractivity contribution in [3.05, 3.63) is 94.5 Å². The van der Waals surface area contributed by atoms with Crippen LogP contribution in [-0.4, -0.2) is 71.9 Å². The van der Waals surface area contributed by atoms with Gasteiger partial charge < -0.3 is 20.0 Å². The van der Waals surface area contributed by atoms with Crippen molar-refractivity contribution in [3.8, 4) is 11.5 Å². The number of aryl methyl sites for hydroxylation is 1. The topological polar surface area (TPSA) is 81.1 Å². The van der Waals surface area contributed by atoms with Crippen molar-refractivity contribution in [2.45, 2.75) is 32.6 Å². The molecule has 2 unspecified atom stereocenters. The van der Waals surface area contributed by atoms with Crippen molar-refractivity contribution in [2.24, 2.45) is 11.8 Å². The molecule has 1 heterocycles. The fourth-order valence-corrected chi connectivity index (χ4v) is 5.89. The van der Waals surface area contributed by atoms with Crippen molar-refractivity contribution in [1.82, 2.24) is 9.80 Å². The third-order valence-corrected chi connectivity index (χ3v) is 8.05. The van der Waals surface area contributed by atoms with Crippen LogP contribution in [0.15, 0.2) is 66.7 Å². The van der Waals surface area contributed by atoms with Gasteiger partial charge in [-0.25, -0.2) is 0 Å². The molecule has 206 valence electrons. The third-order valence-electron chi connectivity index (χ3n) is 8.05. The summed E-state index contributed by atoms with van der Waals surface area (Å²) < 4.78 is 0. The molecule has 2 atom stereocenters. The van der Waals surface area contributed by atoms with Crippen LogP contribution in [0.2, 0.25) is 0 Å². The van der Waals surface area contributed by atoms with Crippen LogP contribution in [0.25, 0.3) is 0 Å². The first kappa shape index (κ1) is 28.5. The van der Waals surface area contributed by atoms with Crippen LogP contribution >= 0.6 is 0 Å². The fourth-order valence-electron chi connectivity index (χ4n) is 5.89. The molecule has 39 heavy (non-hydrogen) atoms. The molecule has 0 radical (unpaired) electrons. The number of unbranched alkanes of at least 4 members (excludes halogenated alkanes) is 1. The highest BCUT2D eigenvalue weighted by atomic mass is 16.3. The molecule has 6 nitrogen and oxygen atoms in total. The maximum Gasteiger partial charge on any atom is 0.167 e. The standard InChI is InChI=1S/C33H40N2O4/c1-22-10-7-15-28(23(22)2)31-29(32(38)24-11-8-13-26(36)18-24)20-35(17-6-5-16-34(3)4)21-30(31)33(39)25-12-9-14-27(37)19-25/h7-15,18-19,29-31,36-37H,5-6,16-17,20-21H2,1-4H3. The minimum Gasteiger partial charge on any atom is -0.508 e. The molecule has 2 N–H and O–H groups in total. The van der Waals surface area contributed by atoms with Crippen LogP contribution in [0.4, 0.5) is 0 Å². The van der Waals surface area contributed by atoms with E-state index in [4.69, 9.17) is 0 Å². The molecule has 3 aromatic carbocycles. The number of nitrogens with zero attached hydrogens (tertiary/aromatic N) is 2. The first-order valence-electron chi connectivity index (χ1n) is 13.8. The van der Waals surface area contributed by atoms with E-state index >= 15 is 0 Å². The normalized spacial score (nSPS) is 19.8. The lowest BCUT2D eigenvalue weighted by atomic mass is 9.67. The second kappa shape index (κ2) is 12.6. The minimum atomic E-state index is -0.471. The summed E-state index contributed by atoms with van der Waals surface area (Å²) in [6.07, 6.45) is 1.99. The van der Waals surface area contributed by atoms with Crippen LogP contribution in [0, 0.1) is 25.7 Å². The Balaban J connectivity index is 1.79. The van der Waals surface area contributed by atoms with Crippen molar-refractivity contribution >= 4 is 11.6 Å². The largest absolute Gasteiger partial charge is 0.508 e. The van der Waals surface area contributed by atoms with E-state index in [2.05, 4.69) is 43.8 Å². The number of hydrogen-bond acceptors (Lipinski definition) is 6. The van der Waals surface area contributed by atoms with Gasteiger partial charge in [0, 0.05) is 42.0 Å². The number of benzene rings is 3. The number of rotatable bonds is 10. The highest BCUT2D eigenvalue weighted by Gasteiger charge is 2.45. The Labute approximate surface area is 231 Å². The lowest BCUT2D eigenvalue weighted by molar-refractivity contribution is 0.0567. The molecule has 6 heteroatoms. The Morgan fingerprint density at radius 3 is 1.87 bits per heavy atom. The number of likely N-dealkylation sites (tertiary alicyclic amines) is 1. The Hall–Kier alpha value is -3.48. The van der Waals surface area contributed by atoms with Crippen LogP contribution in [0.3, 0.4) is 0 Å². The predicted molar refractivity (Wildman–Crippen MR) is 155 cm³/mol. The van der Waals surface area contributed by atoms with E-state index in [1.165, 1.54) is 12.1 Å². The third kappa shape index (κ3) is 6.75. The summed E-state index contributed by atoms with van der Waals surface area (Å²) in [7, 11) is 4.12. The average molecular weight is 529 g/mol. The van der Waals surface area contributed by atoms with Gasteiger partial charge in [-0.3, -0.25) is 9.59 Å².